The molecule has 2 aromatic carbocycles. The normalized spacial score (nSPS) is 12.2. The second-order valence-electron chi connectivity index (χ2n) is 7.64. The molecule has 0 saturated carbocycles. The van der Waals surface area contributed by atoms with Gasteiger partial charge in [0.2, 0.25) is 0 Å². The minimum atomic E-state index is -0.939. The Balaban J connectivity index is 1.76. The van der Waals surface area contributed by atoms with Crippen LogP contribution < -0.4 is 4.74 Å². The molecule has 0 saturated heterocycles. The maximum atomic E-state index is 12.7. The van der Waals surface area contributed by atoms with E-state index in [4.69, 9.17) is 4.74 Å². The zero-order chi connectivity index (χ0) is 21.0. The lowest BCUT2D eigenvalue weighted by Crippen LogP contribution is -2.21. The van der Waals surface area contributed by atoms with E-state index in [0.717, 1.165) is 21.3 Å². The van der Waals surface area contributed by atoms with Gasteiger partial charge in [-0.1, -0.05) is 67.0 Å². The van der Waals surface area contributed by atoms with Crippen LogP contribution in [0.1, 0.15) is 37.3 Å². The number of carbonyl (C=O) groups is 1. The number of rotatable bonds is 6. The molecule has 0 spiro atoms. The summed E-state index contributed by atoms with van der Waals surface area (Å²) in [5.74, 6) is -0.593. The Bertz CT molecular complexity index is 1050. The molecule has 148 valence electrons. The van der Waals surface area contributed by atoms with Crippen molar-refractivity contribution in [1.82, 2.24) is 4.98 Å². The van der Waals surface area contributed by atoms with Gasteiger partial charge in [-0.05, 0) is 23.6 Å². The van der Waals surface area contributed by atoms with Crippen molar-refractivity contribution in [3.63, 3.8) is 0 Å². The average Bonchev–Trinajstić information content (AvgIpc) is 3.17. The third-order valence-electron chi connectivity index (χ3n) is 4.41. The van der Waals surface area contributed by atoms with Gasteiger partial charge in [0.25, 0.3) is 0 Å². The van der Waals surface area contributed by atoms with Gasteiger partial charge in [0.15, 0.2) is 11.7 Å². The number of nitrogens with zero attached hydrogens (tertiary/aromatic N) is 2. The number of thiazole rings is 1. The molecule has 3 rings (SSSR count). The Labute approximate surface area is 183 Å². The summed E-state index contributed by atoms with van der Waals surface area (Å²) in [5.41, 5.74) is 2.58. The molecule has 3 aromatic rings. The zero-order valence-corrected chi connectivity index (χ0v) is 18.9. The fourth-order valence-corrected chi connectivity index (χ4v) is 4.13. The molecule has 1 aromatic heterocycles. The molecule has 1 heterocycles. The van der Waals surface area contributed by atoms with Crippen molar-refractivity contribution in [2.75, 3.05) is 6.61 Å². The lowest BCUT2D eigenvalue weighted by atomic mass is 9.86. The predicted octanol–water partition coefficient (Wildman–Crippen LogP) is 6.13. The molecule has 6 heteroatoms. The maximum absolute atomic E-state index is 12.7. The molecule has 0 amide bonds. The van der Waals surface area contributed by atoms with Crippen molar-refractivity contribution in [3.8, 4) is 23.1 Å². The number of benzene rings is 2. The molecule has 1 unspecified atom stereocenters. The number of hydrogen-bond donors (Lipinski definition) is 0. The van der Waals surface area contributed by atoms with Crippen LogP contribution in [0.2, 0.25) is 0 Å². The molecule has 1 atom stereocenters. The first kappa shape index (κ1) is 21.2. The summed E-state index contributed by atoms with van der Waals surface area (Å²) in [5, 5.41) is 11.9. The molecule has 29 heavy (non-hydrogen) atoms. The van der Waals surface area contributed by atoms with E-state index in [9.17, 15) is 10.1 Å². The summed E-state index contributed by atoms with van der Waals surface area (Å²) in [6.07, 6.45) is 0. The van der Waals surface area contributed by atoms with Crippen molar-refractivity contribution in [3.05, 3.63) is 69.0 Å². The largest absolute Gasteiger partial charge is 0.485 e. The van der Waals surface area contributed by atoms with E-state index < -0.39 is 5.92 Å². The number of hydrogen-bond acceptors (Lipinski definition) is 5. The third-order valence-corrected chi connectivity index (χ3v) is 5.81. The SMILES string of the molecule is CC(C)(C)c1cc(Br)ccc1OCC(=O)C(C#N)c1nc(-c2ccccc2)cs1. The molecule has 4 nitrogen and oxygen atoms in total. The molecule has 0 aliphatic heterocycles. The molecule has 0 radical (unpaired) electrons. The third kappa shape index (κ3) is 5.11. The Kier molecular flexibility index (Phi) is 6.51. The number of aromatic nitrogens is 1. The van der Waals surface area contributed by atoms with Crippen LogP contribution in [0, 0.1) is 11.3 Å². The second kappa shape index (κ2) is 8.89. The minimum Gasteiger partial charge on any atom is -0.485 e. The number of halogens is 1. The van der Waals surface area contributed by atoms with Gasteiger partial charge in [0.05, 0.1) is 11.8 Å². The number of nitriles is 1. The highest BCUT2D eigenvalue weighted by molar-refractivity contribution is 9.10. The van der Waals surface area contributed by atoms with Crippen LogP contribution >= 0.6 is 27.3 Å². The molecular weight excluding hydrogens is 448 g/mol. The maximum Gasteiger partial charge on any atom is 0.194 e. The van der Waals surface area contributed by atoms with Crippen molar-refractivity contribution in [2.45, 2.75) is 32.1 Å². The van der Waals surface area contributed by atoms with Gasteiger partial charge in [-0.3, -0.25) is 4.79 Å². The quantitative estimate of drug-likeness (QED) is 0.436. The van der Waals surface area contributed by atoms with E-state index in [2.05, 4.69) is 47.8 Å². The van der Waals surface area contributed by atoms with E-state index in [1.165, 1.54) is 11.3 Å². The highest BCUT2D eigenvalue weighted by Crippen LogP contribution is 2.34. The molecule has 0 aliphatic carbocycles. The Morgan fingerprint density at radius 2 is 1.97 bits per heavy atom. The monoisotopic (exact) mass is 468 g/mol. The van der Waals surface area contributed by atoms with Crippen LogP contribution in [0.3, 0.4) is 0 Å². The fraction of sp³-hybridized carbons (Fsp3) is 0.261. The van der Waals surface area contributed by atoms with Crippen LogP contribution in [0.5, 0.6) is 5.75 Å². The van der Waals surface area contributed by atoms with Crippen molar-refractivity contribution >= 4 is 33.0 Å². The fourth-order valence-electron chi connectivity index (χ4n) is 2.87. The lowest BCUT2D eigenvalue weighted by molar-refractivity contribution is -0.121. The summed E-state index contributed by atoms with van der Waals surface area (Å²) < 4.78 is 6.78. The van der Waals surface area contributed by atoms with Crippen LogP contribution in [0.15, 0.2) is 58.4 Å². The Morgan fingerprint density at radius 1 is 1.24 bits per heavy atom. The minimum absolute atomic E-state index is 0.142. The van der Waals surface area contributed by atoms with Crippen LogP contribution in [-0.2, 0) is 10.2 Å². The van der Waals surface area contributed by atoms with Crippen molar-refractivity contribution in [2.24, 2.45) is 0 Å². The van der Waals surface area contributed by atoms with Crippen LogP contribution in [0.4, 0.5) is 0 Å². The topological polar surface area (TPSA) is 63.0 Å². The molecule has 0 aliphatic rings. The van der Waals surface area contributed by atoms with Crippen molar-refractivity contribution < 1.29 is 9.53 Å². The van der Waals surface area contributed by atoms with Gasteiger partial charge in [0, 0.05) is 21.0 Å². The summed E-state index contributed by atoms with van der Waals surface area (Å²) in [4.78, 5) is 17.2. The number of carbonyl (C=O) groups excluding carboxylic acids is 1. The summed E-state index contributed by atoms with van der Waals surface area (Å²) in [7, 11) is 0. The summed E-state index contributed by atoms with van der Waals surface area (Å²) in [6.45, 7) is 6.08. The molecule has 0 bridgehead atoms. The van der Waals surface area contributed by atoms with Gasteiger partial charge in [-0.25, -0.2) is 4.98 Å². The number of ketones is 1. The van der Waals surface area contributed by atoms with E-state index in [0.29, 0.717) is 10.8 Å². The first-order chi connectivity index (χ1) is 13.8. The van der Waals surface area contributed by atoms with Crippen LogP contribution in [0.25, 0.3) is 11.3 Å². The number of Topliss-reactive ketones (excluding diaryl/α,β-unsaturated/α-hetero) is 1. The van der Waals surface area contributed by atoms with E-state index in [1.54, 1.807) is 0 Å². The van der Waals surface area contributed by atoms with Gasteiger partial charge < -0.3 is 4.74 Å². The molecule has 0 N–H and O–H groups in total. The van der Waals surface area contributed by atoms with Gasteiger partial charge in [0.1, 0.15) is 17.4 Å². The van der Waals surface area contributed by atoms with Gasteiger partial charge >= 0.3 is 0 Å². The summed E-state index contributed by atoms with van der Waals surface area (Å²) >= 11 is 4.80. The zero-order valence-electron chi connectivity index (χ0n) is 16.5. The average molecular weight is 469 g/mol. The molecular formula is C23H21BrN2O2S. The van der Waals surface area contributed by atoms with E-state index >= 15 is 0 Å². The number of ether oxygens (including phenoxy) is 1. The predicted molar refractivity (Wildman–Crippen MR) is 119 cm³/mol. The smallest absolute Gasteiger partial charge is 0.194 e. The van der Waals surface area contributed by atoms with Crippen LogP contribution in [-0.4, -0.2) is 17.4 Å². The first-order valence-corrected chi connectivity index (χ1v) is 10.8. The highest BCUT2D eigenvalue weighted by atomic mass is 79.9. The lowest BCUT2D eigenvalue weighted by Gasteiger charge is -2.23. The second-order valence-corrected chi connectivity index (χ2v) is 9.45. The van der Waals surface area contributed by atoms with E-state index in [1.807, 2.05) is 53.9 Å². The Morgan fingerprint density at radius 3 is 2.62 bits per heavy atom. The molecule has 0 fully saturated rings. The summed E-state index contributed by atoms with van der Waals surface area (Å²) in [6, 6.07) is 17.5. The van der Waals surface area contributed by atoms with Gasteiger partial charge in [-0.2, -0.15) is 5.26 Å². The van der Waals surface area contributed by atoms with E-state index in [-0.39, 0.29) is 17.8 Å². The highest BCUT2D eigenvalue weighted by Gasteiger charge is 2.26. The van der Waals surface area contributed by atoms with Crippen molar-refractivity contribution in [1.29, 1.82) is 5.26 Å². The first-order valence-electron chi connectivity index (χ1n) is 9.15. The Hall–Kier alpha value is -2.49. The standard InChI is InChI=1S/C23H21BrN2O2S/c1-23(2,3)18-11-16(24)9-10-21(18)28-13-20(27)17(12-25)22-26-19(14-29-22)15-7-5-4-6-8-15/h4-11,14,17H,13H2,1-3H3. The van der Waals surface area contributed by atoms with Gasteiger partial charge in [-0.15, -0.1) is 11.3 Å².